The molecule has 2 heterocycles. The molecule has 41 heavy (non-hydrogen) atoms. The van der Waals surface area contributed by atoms with Crippen molar-refractivity contribution in [1.29, 1.82) is 0 Å². The van der Waals surface area contributed by atoms with Crippen LogP contribution in [0.2, 0.25) is 0 Å². The molecule has 0 spiro atoms. The molecule has 0 saturated carbocycles. The lowest BCUT2D eigenvalue weighted by molar-refractivity contribution is 0.0692. The molecule has 1 aromatic carbocycles. The number of carboxylic acids is 1. The van der Waals surface area contributed by atoms with Gasteiger partial charge in [0.15, 0.2) is 5.43 Å². The van der Waals surface area contributed by atoms with Gasteiger partial charge in [0, 0.05) is 44.8 Å². The van der Waals surface area contributed by atoms with Crippen molar-refractivity contribution in [3.63, 3.8) is 0 Å². The van der Waals surface area contributed by atoms with Crippen LogP contribution < -0.4 is 15.9 Å². The van der Waals surface area contributed by atoms with Gasteiger partial charge in [-0.1, -0.05) is 79.2 Å². The maximum Gasteiger partial charge on any atom is 0.341 e. The van der Waals surface area contributed by atoms with Gasteiger partial charge in [-0.3, -0.25) is 4.79 Å². The van der Waals surface area contributed by atoms with Crippen LogP contribution in [0.1, 0.15) is 103 Å². The Balaban J connectivity index is 0.00000201. The summed E-state index contributed by atoms with van der Waals surface area (Å²) in [6, 6.07) is 7.88. The Labute approximate surface area is 247 Å². The van der Waals surface area contributed by atoms with Crippen LogP contribution in [-0.4, -0.2) is 61.1 Å². The van der Waals surface area contributed by atoms with Crippen molar-refractivity contribution in [2.45, 2.75) is 87.6 Å². The van der Waals surface area contributed by atoms with E-state index in [1.165, 1.54) is 22.4 Å². The van der Waals surface area contributed by atoms with Gasteiger partial charge in [-0.05, 0) is 42.4 Å². The maximum atomic E-state index is 12.9. The Kier molecular flexibility index (Phi) is 15.1. The number of pyridine rings is 1. The van der Waals surface area contributed by atoms with Gasteiger partial charge in [-0.15, -0.1) is 0 Å². The average Bonchev–Trinajstić information content (AvgIpc) is 2.95. The summed E-state index contributed by atoms with van der Waals surface area (Å²) in [7, 11) is 3.73. The Morgan fingerprint density at radius 1 is 1.10 bits per heavy atom. The van der Waals surface area contributed by atoms with Crippen LogP contribution >= 0.6 is 0 Å². The molecule has 1 atom stereocenters. The summed E-state index contributed by atoms with van der Waals surface area (Å²) in [4.78, 5) is 27.0. The van der Waals surface area contributed by atoms with E-state index in [0.29, 0.717) is 26.4 Å². The van der Waals surface area contributed by atoms with Gasteiger partial charge >= 0.3 is 5.97 Å². The molecule has 2 aromatic rings. The lowest BCUT2D eigenvalue weighted by atomic mass is 9.84. The predicted octanol–water partition coefficient (Wildman–Crippen LogP) is 5.46. The maximum absolute atomic E-state index is 12.9. The van der Waals surface area contributed by atoms with Crippen LogP contribution in [0.25, 0.3) is 11.3 Å². The highest BCUT2D eigenvalue weighted by atomic mass is 16.5. The van der Waals surface area contributed by atoms with E-state index in [0.717, 1.165) is 35.9 Å². The Morgan fingerprint density at radius 3 is 2.32 bits per heavy atom. The molecule has 230 valence electrons. The van der Waals surface area contributed by atoms with Crippen LogP contribution in [0.4, 0.5) is 0 Å². The SMILES string of the molecule is CC.CC.CCC(C)=c1c(CCCOCCOC)ccc/c1=C1\c2cc(=O)c(C(=O)O)cn2C(C(C)(C)C)CN1C. The summed E-state index contributed by atoms with van der Waals surface area (Å²) in [5.41, 5.74) is 3.44. The molecule has 0 amide bonds. The highest BCUT2D eigenvalue weighted by molar-refractivity contribution is 5.87. The highest BCUT2D eigenvalue weighted by Gasteiger charge is 2.35. The van der Waals surface area contributed by atoms with Gasteiger partial charge in [0.2, 0.25) is 0 Å². The highest BCUT2D eigenvalue weighted by Crippen LogP contribution is 2.37. The fourth-order valence-electron chi connectivity index (χ4n) is 5.12. The van der Waals surface area contributed by atoms with Crippen molar-refractivity contribution >= 4 is 17.2 Å². The largest absolute Gasteiger partial charge is 0.477 e. The molecule has 7 nitrogen and oxygen atoms in total. The molecular formula is C34H54N2O5. The van der Waals surface area contributed by atoms with Gasteiger partial charge in [-0.2, -0.15) is 0 Å². The first-order chi connectivity index (χ1) is 19.5. The lowest BCUT2D eigenvalue weighted by Crippen LogP contribution is -2.46. The van der Waals surface area contributed by atoms with E-state index in [1.807, 2.05) is 32.3 Å². The van der Waals surface area contributed by atoms with Crippen molar-refractivity contribution < 1.29 is 19.4 Å². The van der Waals surface area contributed by atoms with Crippen LogP contribution in [0.15, 0.2) is 35.3 Å². The molecule has 0 radical (unpaired) electrons. The number of carboxylic acid groups (broad SMARTS) is 1. The van der Waals surface area contributed by atoms with Crippen molar-refractivity contribution in [2.24, 2.45) is 5.41 Å². The van der Waals surface area contributed by atoms with Crippen LogP contribution in [-0.2, 0) is 15.9 Å². The predicted molar refractivity (Wildman–Crippen MR) is 170 cm³/mol. The van der Waals surface area contributed by atoms with Crippen molar-refractivity contribution in [2.75, 3.05) is 40.5 Å². The van der Waals surface area contributed by atoms with Crippen LogP contribution in [0.5, 0.6) is 0 Å². The van der Waals surface area contributed by atoms with Gasteiger partial charge in [0.1, 0.15) is 5.56 Å². The number of aryl methyl sites for hydroxylation is 1. The molecule has 1 aliphatic heterocycles. The number of hydrogen-bond donors (Lipinski definition) is 1. The number of carbonyl (C=O) groups is 1. The first-order valence-corrected chi connectivity index (χ1v) is 15.1. The molecule has 0 bridgehead atoms. The van der Waals surface area contributed by atoms with Crippen molar-refractivity contribution in [1.82, 2.24) is 9.47 Å². The number of methoxy groups -OCH3 is 1. The second-order valence-corrected chi connectivity index (χ2v) is 10.9. The van der Waals surface area contributed by atoms with Crippen molar-refractivity contribution in [3.05, 3.63) is 67.9 Å². The van der Waals surface area contributed by atoms with E-state index in [2.05, 4.69) is 64.8 Å². The van der Waals surface area contributed by atoms with Gasteiger partial charge in [-0.25, -0.2) is 4.79 Å². The number of fused-ring (bicyclic) bond motifs is 1. The average molecular weight is 571 g/mol. The summed E-state index contributed by atoms with van der Waals surface area (Å²) in [5.74, 6) is -1.20. The fraction of sp³-hybridized carbons (Fsp3) is 0.588. The molecule has 7 heteroatoms. The summed E-state index contributed by atoms with van der Waals surface area (Å²) in [6.45, 7) is 21.3. The van der Waals surface area contributed by atoms with Gasteiger partial charge in [0.25, 0.3) is 0 Å². The molecule has 1 N–H and O–H groups in total. The molecule has 1 aliphatic rings. The Hall–Kier alpha value is -2.90. The molecule has 0 fully saturated rings. The van der Waals surface area contributed by atoms with E-state index in [1.54, 1.807) is 13.3 Å². The number of aromatic nitrogens is 1. The molecule has 3 rings (SSSR count). The molecular weight excluding hydrogens is 516 g/mol. The zero-order valence-electron chi connectivity index (χ0n) is 27.4. The summed E-state index contributed by atoms with van der Waals surface area (Å²) < 4.78 is 12.8. The molecule has 0 saturated heterocycles. The summed E-state index contributed by atoms with van der Waals surface area (Å²) in [6.07, 6.45) is 4.22. The van der Waals surface area contributed by atoms with Crippen molar-refractivity contribution in [3.8, 4) is 0 Å². The zero-order valence-corrected chi connectivity index (χ0v) is 27.4. The van der Waals surface area contributed by atoms with Crippen LogP contribution in [0, 0.1) is 5.41 Å². The second-order valence-electron chi connectivity index (χ2n) is 10.9. The zero-order chi connectivity index (χ0) is 31.3. The van der Waals surface area contributed by atoms with E-state index >= 15 is 0 Å². The third-order valence-electron chi connectivity index (χ3n) is 7.25. The number of rotatable bonds is 9. The first-order valence-electron chi connectivity index (χ1n) is 15.1. The number of aromatic carboxylic acids is 1. The molecule has 0 aliphatic carbocycles. The van der Waals surface area contributed by atoms with E-state index in [9.17, 15) is 14.7 Å². The normalized spacial score (nSPS) is 16.6. The smallest absolute Gasteiger partial charge is 0.341 e. The molecule has 1 unspecified atom stereocenters. The minimum absolute atomic E-state index is 0.00193. The standard InChI is InChI=1S/C30H42N2O5.2C2H6/c1-8-20(2)27-21(12-10-14-37-16-15-36-7)11-9-13-22(27)28-24-17-25(33)23(29(34)35)18-32(24)26(19-31(28)6)30(3,4)5;2*1-2/h9,11,13,17-18,26H,8,10,12,14-16,19H2,1-7H3,(H,34,35);2*1-2H3/b27-20?,28-22-;;. The quantitative estimate of drug-likeness (QED) is 0.403. The minimum atomic E-state index is -1.20. The number of hydrogen-bond acceptors (Lipinski definition) is 5. The fourth-order valence-corrected chi connectivity index (χ4v) is 5.12. The van der Waals surface area contributed by atoms with Gasteiger partial charge < -0.3 is 24.0 Å². The topological polar surface area (TPSA) is 81.0 Å². The number of nitrogens with zero attached hydrogens (tertiary/aromatic N) is 2. The third kappa shape index (κ3) is 9.04. The Morgan fingerprint density at radius 2 is 1.76 bits per heavy atom. The summed E-state index contributed by atoms with van der Waals surface area (Å²) in [5, 5.41) is 12.0. The molecule has 1 aromatic heterocycles. The number of benzene rings is 1. The lowest BCUT2D eigenvalue weighted by Gasteiger charge is -2.43. The Bertz CT molecular complexity index is 1300. The monoisotopic (exact) mass is 570 g/mol. The van der Waals surface area contributed by atoms with E-state index < -0.39 is 11.4 Å². The van der Waals surface area contributed by atoms with Crippen LogP contribution in [0.3, 0.4) is 0 Å². The van der Waals surface area contributed by atoms with E-state index in [4.69, 9.17) is 9.47 Å². The number of ether oxygens (including phenoxy) is 2. The first kappa shape index (κ1) is 36.1. The summed E-state index contributed by atoms with van der Waals surface area (Å²) >= 11 is 0. The third-order valence-corrected chi connectivity index (χ3v) is 7.25. The minimum Gasteiger partial charge on any atom is -0.477 e. The second kappa shape index (κ2) is 17.1. The number of likely N-dealkylation sites (N-methyl/N-ethyl adjacent to an activating group) is 1. The van der Waals surface area contributed by atoms with E-state index in [-0.39, 0.29) is 17.0 Å². The van der Waals surface area contributed by atoms with Gasteiger partial charge in [0.05, 0.1) is 30.6 Å².